The van der Waals surface area contributed by atoms with Crippen molar-refractivity contribution >= 4 is 5.91 Å². The van der Waals surface area contributed by atoms with Gasteiger partial charge in [-0.15, -0.1) is 0 Å². The molecule has 1 aliphatic carbocycles. The van der Waals surface area contributed by atoms with Crippen molar-refractivity contribution in [3.63, 3.8) is 0 Å². The minimum absolute atomic E-state index is 0.0181. The number of carbonyl (C=O) groups is 1. The summed E-state index contributed by atoms with van der Waals surface area (Å²) in [5, 5.41) is 3.68. The summed E-state index contributed by atoms with van der Waals surface area (Å²) in [5.74, 6) is 1.44. The van der Waals surface area contributed by atoms with Gasteiger partial charge >= 0.3 is 5.76 Å². The van der Waals surface area contributed by atoms with Crippen LogP contribution in [0.25, 0.3) is 11.4 Å². The van der Waals surface area contributed by atoms with Crippen LogP contribution in [0, 0.1) is 11.3 Å². The highest BCUT2D eigenvalue weighted by molar-refractivity contribution is 5.95. The number of nitrogens with zero attached hydrogens (tertiary/aromatic N) is 4. The first-order chi connectivity index (χ1) is 13.9. The molecule has 1 atom stereocenters. The van der Waals surface area contributed by atoms with Crippen LogP contribution in [-0.2, 0) is 6.54 Å². The van der Waals surface area contributed by atoms with Crippen LogP contribution in [0.5, 0.6) is 0 Å². The molecule has 150 valence electrons. The smallest absolute Gasteiger partial charge is 0.333 e. The van der Waals surface area contributed by atoms with Crippen LogP contribution in [0.2, 0.25) is 0 Å². The van der Waals surface area contributed by atoms with Gasteiger partial charge in [0.25, 0.3) is 5.91 Å². The zero-order valence-corrected chi connectivity index (χ0v) is 16.5. The van der Waals surface area contributed by atoms with Crippen LogP contribution >= 0.6 is 0 Å². The molecule has 1 saturated heterocycles. The van der Waals surface area contributed by atoms with Crippen molar-refractivity contribution in [2.45, 2.75) is 39.3 Å². The normalized spacial score (nSPS) is 20.5. The van der Waals surface area contributed by atoms with Gasteiger partial charge in [0, 0.05) is 42.0 Å². The predicted octanol–water partition coefficient (Wildman–Crippen LogP) is 2.86. The van der Waals surface area contributed by atoms with Gasteiger partial charge in [-0.3, -0.25) is 14.3 Å². The first-order valence-corrected chi connectivity index (χ1v) is 9.91. The molecule has 2 aliphatic rings. The second-order valence-electron chi connectivity index (χ2n) is 8.73. The Kier molecular flexibility index (Phi) is 3.97. The van der Waals surface area contributed by atoms with Gasteiger partial charge in [-0.25, -0.2) is 9.78 Å². The summed E-state index contributed by atoms with van der Waals surface area (Å²) in [6, 6.07) is 6.98. The molecule has 1 unspecified atom stereocenters. The SMILES string of the molecule is CC1(C)CN(C(=O)c2ccc(-c3noc(=O)[nH]3)cc2)C1c1nccn1CC1CC1. The third kappa shape index (κ3) is 3.18. The molecule has 8 nitrogen and oxygen atoms in total. The fourth-order valence-electron chi connectivity index (χ4n) is 4.20. The number of hydrogen-bond acceptors (Lipinski definition) is 5. The third-order valence-corrected chi connectivity index (χ3v) is 5.88. The van der Waals surface area contributed by atoms with Crippen LogP contribution in [0.1, 0.15) is 48.9 Å². The highest BCUT2D eigenvalue weighted by atomic mass is 16.5. The largest absolute Gasteiger partial charge is 0.439 e. The molecule has 5 rings (SSSR count). The van der Waals surface area contributed by atoms with Crippen LogP contribution < -0.4 is 5.76 Å². The Labute approximate surface area is 167 Å². The van der Waals surface area contributed by atoms with Crippen LogP contribution in [0.3, 0.4) is 0 Å². The number of H-pyrrole nitrogens is 1. The Morgan fingerprint density at radius 2 is 2.03 bits per heavy atom. The number of hydrogen-bond donors (Lipinski definition) is 1. The zero-order valence-electron chi connectivity index (χ0n) is 16.5. The molecule has 29 heavy (non-hydrogen) atoms. The summed E-state index contributed by atoms with van der Waals surface area (Å²) in [4.78, 5) is 33.4. The minimum Gasteiger partial charge on any atom is -0.333 e. The summed E-state index contributed by atoms with van der Waals surface area (Å²) in [5.41, 5.74) is 1.26. The summed E-state index contributed by atoms with van der Waals surface area (Å²) in [6.07, 6.45) is 6.41. The molecule has 1 aliphatic heterocycles. The molecule has 3 aromatic rings. The van der Waals surface area contributed by atoms with Gasteiger partial charge in [-0.05, 0) is 30.9 Å². The van der Waals surface area contributed by atoms with Gasteiger partial charge < -0.3 is 9.47 Å². The first kappa shape index (κ1) is 17.9. The first-order valence-electron chi connectivity index (χ1n) is 9.91. The average Bonchev–Trinajstić information content (AvgIpc) is 3.24. The average molecular weight is 393 g/mol. The molecule has 2 fully saturated rings. The molecule has 1 N–H and O–H groups in total. The van der Waals surface area contributed by atoms with Gasteiger partial charge in [-0.1, -0.05) is 31.1 Å². The van der Waals surface area contributed by atoms with Crippen molar-refractivity contribution in [1.29, 1.82) is 0 Å². The number of carbonyl (C=O) groups excluding carboxylic acids is 1. The van der Waals surface area contributed by atoms with E-state index in [4.69, 9.17) is 0 Å². The molecule has 0 radical (unpaired) electrons. The Morgan fingerprint density at radius 3 is 2.66 bits per heavy atom. The molecule has 2 aromatic heterocycles. The quantitative estimate of drug-likeness (QED) is 0.719. The number of aromatic amines is 1. The minimum atomic E-state index is -0.604. The molecule has 1 amide bonds. The van der Waals surface area contributed by atoms with Gasteiger partial charge in [0.05, 0.1) is 6.04 Å². The number of amides is 1. The maximum absolute atomic E-state index is 13.2. The third-order valence-electron chi connectivity index (χ3n) is 5.88. The number of benzene rings is 1. The van der Waals surface area contributed by atoms with E-state index in [1.807, 2.05) is 17.3 Å². The van der Waals surface area contributed by atoms with E-state index < -0.39 is 5.76 Å². The number of likely N-dealkylation sites (tertiary alicyclic amines) is 1. The Balaban J connectivity index is 1.39. The predicted molar refractivity (Wildman–Crippen MR) is 105 cm³/mol. The molecule has 3 heterocycles. The maximum Gasteiger partial charge on any atom is 0.439 e. The van der Waals surface area contributed by atoms with Crippen LogP contribution in [0.4, 0.5) is 0 Å². The molecule has 1 saturated carbocycles. The van der Waals surface area contributed by atoms with Crippen molar-refractivity contribution < 1.29 is 9.32 Å². The lowest BCUT2D eigenvalue weighted by atomic mass is 9.74. The number of aromatic nitrogens is 4. The highest BCUT2D eigenvalue weighted by Crippen LogP contribution is 2.48. The Hall–Kier alpha value is -3.16. The molecule has 0 bridgehead atoms. The van der Waals surface area contributed by atoms with Gasteiger partial charge in [0.2, 0.25) is 0 Å². The standard InChI is InChI=1S/C21H23N5O3/c1-21(2)12-26(16(21)18-22-9-10-25(18)11-13-3-4-13)19(27)15-7-5-14(6-8-15)17-23-20(28)29-24-17/h5-10,13,16H,3-4,11-12H2,1-2H3,(H,23,24,28). The number of rotatable bonds is 5. The van der Waals surface area contributed by atoms with Crippen molar-refractivity contribution in [2.24, 2.45) is 11.3 Å². The lowest BCUT2D eigenvalue weighted by Gasteiger charge is -2.53. The molecular weight excluding hydrogens is 370 g/mol. The molecular formula is C21H23N5O3. The second kappa shape index (κ2) is 6.43. The van der Waals surface area contributed by atoms with Gasteiger partial charge in [0.1, 0.15) is 5.82 Å². The van der Waals surface area contributed by atoms with Crippen molar-refractivity contribution in [3.05, 3.63) is 58.6 Å². The molecule has 0 spiro atoms. The lowest BCUT2D eigenvalue weighted by molar-refractivity contribution is -0.0379. The van der Waals surface area contributed by atoms with Crippen LogP contribution in [0.15, 0.2) is 46.0 Å². The van der Waals surface area contributed by atoms with Crippen LogP contribution in [-0.4, -0.2) is 37.0 Å². The summed E-state index contributed by atoms with van der Waals surface area (Å²) in [6.45, 7) is 6.03. The van der Waals surface area contributed by atoms with Crippen molar-refractivity contribution in [3.8, 4) is 11.4 Å². The van der Waals surface area contributed by atoms with Gasteiger partial charge in [0.15, 0.2) is 5.82 Å². The fraction of sp³-hybridized carbons (Fsp3) is 0.429. The fourth-order valence-corrected chi connectivity index (χ4v) is 4.20. The zero-order chi connectivity index (χ0) is 20.2. The molecule has 8 heteroatoms. The van der Waals surface area contributed by atoms with E-state index in [-0.39, 0.29) is 17.4 Å². The van der Waals surface area contributed by atoms with E-state index in [1.165, 1.54) is 12.8 Å². The van der Waals surface area contributed by atoms with E-state index in [0.717, 1.165) is 18.3 Å². The van der Waals surface area contributed by atoms with E-state index in [9.17, 15) is 9.59 Å². The van der Waals surface area contributed by atoms with E-state index in [1.54, 1.807) is 24.3 Å². The van der Waals surface area contributed by atoms with Crippen molar-refractivity contribution in [2.75, 3.05) is 6.54 Å². The summed E-state index contributed by atoms with van der Waals surface area (Å²) in [7, 11) is 0. The van der Waals surface area contributed by atoms with E-state index in [2.05, 4.69) is 38.1 Å². The summed E-state index contributed by atoms with van der Waals surface area (Å²) < 4.78 is 6.75. The monoisotopic (exact) mass is 393 g/mol. The lowest BCUT2D eigenvalue weighted by Crippen LogP contribution is -2.58. The molecule has 1 aromatic carbocycles. The van der Waals surface area contributed by atoms with Gasteiger partial charge in [-0.2, -0.15) is 0 Å². The topological polar surface area (TPSA) is 97.0 Å². The summed E-state index contributed by atoms with van der Waals surface area (Å²) >= 11 is 0. The van der Waals surface area contributed by atoms with E-state index in [0.29, 0.717) is 23.5 Å². The Bertz CT molecular complexity index is 1100. The van der Waals surface area contributed by atoms with Crippen molar-refractivity contribution in [1.82, 2.24) is 24.6 Å². The number of imidazole rings is 1. The highest BCUT2D eigenvalue weighted by Gasteiger charge is 2.51. The number of nitrogens with one attached hydrogen (secondary N) is 1. The van der Waals surface area contributed by atoms with E-state index >= 15 is 0 Å². The Morgan fingerprint density at radius 1 is 1.28 bits per heavy atom. The second-order valence-corrected chi connectivity index (χ2v) is 8.73. The maximum atomic E-state index is 13.2.